The molecule has 0 aliphatic carbocycles. The number of rotatable bonds is 9. The topological polar surface area (TPSA) is 86.8 Å². The molecule has 7 nitrogen and oxygen atoms in total. The molecule has 31 heavy (non-hydrogen) atoms. The van der Waals surface area contributed by atoms with E-state index in [1.165, 1.54) is 11.9 Å². The molecule has 0 unspecified atom stereocenters. The van der Waals surface area contributed by atoms with Gasteiger partial charge in [0.05, 0.1) is 11.9 Å². The fraction of sp³-hybridized carbons (Fsp3) is 0.364. The molecule has 1 atom stereocenters. The molecule has 0 saturated carbocycles. The van der Waals surface area contributed by atoms with Crippen molar-refractivity contribution in [3.8, 4) is 0 Å². The quantitative estimate of drug-likeness (QED) is 0.617. The van der Waals surface area contributed by atoms with E-state index in [0.717, 1.165) is 21.7 Å². The van der Waals surface area contributed by atoms with Gasteiger partial charge in [-0.2, -0.15) is 0 Å². The van der Waals surface area contributed by atoms with Crippen molar-refractivity contribution in [3.63, 3.8) is 0 Å². The van der Waals surface area contributed by atoms with Crippen LogP contribution >= 0.6 is 11.6 Å². The number of sulfonamides is 1. The van der Waals surface area contributed by atoms with E-state index >= 15 is 0 Å². The Kier molecular flexibility index (Phi) is 8.47. The molecule has 0 aromatic heterocycles. The smallest absolute Gasteiger partial charge is 0.244 e. The van der Waals surface area contributed by atoms with Crippen molar-refractivity contribution >= 4 is 39.1 Å². The van der Waals surface area contributed by atoms with E-state index in [4.69, 9.17) is 11.6 Å². The first-order valence-corrected chi connectivity index (χ1v) is 12.1. The number of carbonyl (C=O) groups excluding carboxylic acids is 2. The van der Waals surface area contributed by atoms with Crippen LogP contribution in [0.4, 0.5) is 5.69 Å². The number of para-hydroxylation sites is 1. The second-order valence-corrected chi connectivity index (χ2v) is 9.54. The Morgan fingerprint density at radius 3 is 2.39 bits per heavy atom. The van der Waals surface area contributed by atoms with Crippen LogP contribution < -0.4 is 9.62 Å². The van der Waals surface area contributed by atoms with Crippen LogP contribution in [0.15, 0.2) is 48.5 Å². The maximum absolute atomic E-state index is 13.3. The molecule has 0 radical (unpaired) electrons. The predicted octanol–water partition coefficient (Wildman–Crippen LogP) is 2.83. The van der Waals surface area contributed by atoms with E-state index in [1.54, 1.807) is 43.3 Å². The molecular weight excluding hydrogens is 438 g/mol. The zero-order chi connectivity index (χ0) is 23.2. The fourth-order valence-corrected chi connectivity index (χ4v) is 4.36. The van der Waals surface area contributed by atoms with Gasteiger partial charge in [-0.3, -0.25) is 13.9 Å². The van der Waals surface area contributed by atoms with Crippen LogP contribution in [0.25, 0.3) is 0 Å². The molecule has 1 N–H and O–H groups in total. The summed E-state index contributed by atoms with van der Waals surface area (Å²) in [6.07, 6.45) is 1.67. The summed E-state index contributed by atoms with van der Waals surface area (Å²) < 4.78 is 26.3. The Bertz CT molecular complexity index is 1040. The average molecular weight is 466 g/mol. The first-order chi connectivity index (χ1) is 14.6. The van der Waals surface area contributed by atoms with Crippen molar-refractivity contribution in [1.82, 2.24) is 10.2 Å². The Morgan fingerprint density at radius 1 is 1.13 bits per heavy atom. The standard InChI is InChI=1S/C22H28ClN3O4S/c1-5-18-10-6-7-12-20(18)26(31(4,29)30)15-21(27)25(16(2)22(28)24-3)14-17-9-8-11-19(23)13-17/h6-13,16H,5,14-15H2,1-4H3,(H,24,28)/t16-/m1/s1. The van der Waals surface area contributed by atoms with Gasteiger partial charge in [0.15, 0.2) is 0 Å². The first-order valence-electron chi connectivity index (χ1n) is 9.89. The lowest BCUT2D eigenvalue weighted by Crippen LogP contribution is -2.50. The maximum Gasteiger partial charge on any atom is 0.244 e. The van der Waals surface area contributed by atoms with Gasteiger partial charge in [0, 0.05) is 18.6 Å². The number of benzene rings is 2. The van der Waals surface area contributed by atoms with Gasteiger partial charge in [0.1, 0.15) is 12.6 Å². The zero-order valence-electron chi connectivity index (χ0n) is 18.1. The van der Waals surface area contributed by atoms with Gasteiger partial charge in [-0.15, -0.1) is 0 Å². The Hall–Kier alpha value is -2.58. The number of likely N-dealkylation sites (N-methyl/N-ethyl adjacent to an activating group) is 1. The van der Waals surface area contributed by atoms with Gasteiger partial charge in [0.2, 0.25) is 21.8 Å². The lowest BCUT2D eigenvalue weighted by Gasteiger charge is -2.31. The average Bonchev–Trinajstić information content (AvgIpc) is 2.73. The highest BCUT2D eigenvalue weighted by Gasteiger charge is 2.30. The molecule has 0 fully saturated rings. The second kappa shape index (κ2) is 10.6. The molecule has 2 rings (SSSR count). The summed E-state index contributed by atoms with van der Waals surface area (Å²) in [6, 6.07) is 13.2. The fourth-order valence-electron chi connectivity index (χ4n) is 3.27. The molecular formula is C22H28ClN3O4S. The number of nitrogens with zero attached hydrogens (tertiary/aromatic N) is 2. The molecule has 0 heterocycles. The van der Waals surface area contributed by atoms with Crippen LogP contribution in [-0.2, 0) is 32.6 Å². The van der Waals surface area contributed by atoms with Crippen LogP contribution in [0.2, 0.25) is 5.02 Å². The molecule has 2 aromatic rings. The van der Waals surface area contributed by atoms with Crippen LogP contribution in [0.3, 0.4) is 0 Å². The Morgan fingerprint density at radius 2 is 1.81 bits per heavy atom. The minimum atomic E-state index is -3.75. The van der Waals surface area contributed by atoms with Gasteiger partial charge in [-0.25, -0.2) is 8.42 Å². The second-order valence-electron chi connectivity index (χ2n) is 7.19. The number of hydrogen-bond donors (Lipinski definition) is 1. The largest absolute Gasteiger partial charge is 0.357 e. The third-order valence-electron chi connectivity index (χ3n) is 4.98. The Balaban J connectivity index is 2.42. The molecule has 2 amide bonds. The van der Waals surface area contributed by atoms with Gasteiger partial charge in [0.25, 0.3) is 0 Å². The summed E-state index contributed by atoms with van der Waals surface area (Å²) in [5.74, 6) is -0.845. The predicted molar refractivity (Wildman–Crippen MR) is 124 cm³/mol. The highest BCUT2D eigenvalue weighted by Crippen LogP contribution is 2.24. The summed E-state index contributed by atoms with van der Waals surface area (Å²) in [4.78, 5) is 27.0. The minimum Gasteiger partial charge on any atom is -0.357 e. The maximum atomic E-state index is 13.3. The monoisotopic (exact) mass is 465 g/mol. The third kappa shape index (κ3) is 6.45. The number of amides is 2. The van der Waals surface area contributed by atoms with E-state index in [-0.39, 0.29) is 12.5 Å². The Labute approximate surface area is 189 Å². The number of nitrogens with one attached hydrogen (secondary N) is 1. The van der Waals surface area contributed by atoms with Gasteiger partial charge in [-0.1, -0.05) is 48.9 Å². The number of aryl methyl sites for hydroxylation is 1. The van der Waals surface area contributed by atoms with Crippen LogP contribution in [0, 0.1) is 0 Å². The SMILES string of the molecule is CCc1ccccc1N(CC(=O)N(Cc1cccc(Cl)c1)[C@H](C)C(=O)NC)S(C)(=O)=O. The van der Waals surface area contributed by atoms with Gasteiger partial charge >= 0.3 is 0 Å². The van der Waals surface area contributed by atoms with E-state index < -0.39 is 28.5 Å². The molecule has 0 bridgehead atoms. The van der Waals surface area contributed by atoms with Crippen molar-refractivity contribution in [3.05, 3.63) is 64.7 Å². The molecule has 0 aliphatic rings. The van der Waals surface area contributed by atoms with E-state index in [9.17, 15) is 18.0 Å². The first kappa shape index (κ1) is 24.7. The van der Waals surface area contributed by atoms with Crippen molar-refractivity contribution in [2.75, 3.05) is 24.2 Å². The van der Waals surface area contributed by atoms with E-state index in [0.29, 0.717) is 17.1 Å². The summed E-state index contributed by atoms with van der Waals surface area (Å²) in [5, 5.41) is 3.05. The number of halogens is 1. The normalized spacial score (nSPS) is 12.2. The summed E-state index contributed by atoms with van der Waals surface area (Å²) in [7, 11) is -2.26. The molecule has 0 spiro atoms. The summed E-state index contributed by atoms with van der Waals surface area (Å²) in [5.41, 5.74) is 1.99. The highest BCUT2D eigenvalue weighted by atomic mass is 35.5. The van der Waals surface area contributed by atoms with Crippen molar-refractivity contribution in [2.24, 2.45) is 0 Å². The van der Waals surface area contributed by atoms with E-state index in [2.05, 4.69) is 5.32 Å². The molecule has 9 heteroatoms. The molecule has 2 aromatic carbocycles. The van der Waals surface area contributed by atoms with Crippen molar-refractivity contribution < 1.29 is 18.0 Å². The van der Waals surface area contributed by atoms with Crippen molar-refractivity contribution in [1.29, 1.82) is 0 Å². The third-order valence-corrected chi connectivity index (χ3v) is 6.34. The van der Waals surface area contributed by atoms with Crippen LogP contribution in [0.1, 0.15) is 25.0 Å². The molecule has 168 valence electrons. The number of anilines is 1. The van der Waals surface area contributed by atoms with Crippen LogP contribution in [-0.4, -0.2) is 51.0 Å². The highest BCUT2D eigenvalue weighted by molar-refractivity contribution is 7.92. The van der Waals surface area contributed by atoms with Gasteiger partial charge < -0.3 is 10.2 Å². The zero-order valence-corrected chi connectivity index (χ0v) is 19.7. The molecule has 0 saturated heterocycles. The number of hydrogen-bond acceptors (Lipinski definition) is 4. The van der Waals surface area contributed by atoms with Crippen molar-refractivity contribution in [2.45, 2.75) is 32.9 Å². The molecule has 0 aliphatic heterocycles. The lowest BCUT2D eigenvalue weighted by molar-refractivity contribution is -0.139. The van der Waals surface area contributed by atoms with Crippen LogP contribution in [0.5, 0.6) is 0 Å². The minimum absolute atomic E-state index is 0.112. The van der Waals surface area contributed by atoms with E-state index in [1.807, 2.05) is 19.1 Å². The lowest BCUT2D eigenvalue weighted by atomic mass is 10.1. The van der Waals surface area contributed by atoms with Gasteiger partial charge in [-0.05, 0) is 42.7 Å². The number of carbonyl (C=O) groups is 2. The summed E-state index contributed by atoms with van der Waals surface area (Å²) in [6.45, 7) is 3.21. The summed E-state index contributed by atoms with van der Waals surface area (Å²) >= 11 is 6.06.